The fourth-order valence-electron chi connectivity index (χ4n) is 1.69. The van der Waals surface area contributed by atoms with Gasteiger partial charge in [0.25, 0.3) is 0 Å². The number of carbonyl (C=O) groups excluding carboxylic acids is 1. The average Bonchev–Trinajstić information content (AvgIpc) is 2.36. The topological polar surface area (TPSA) is 87.7 Å². The molecule has 0 aromatic heterocycles. The van der Waals surface area contributed by atoms with Crippen molar-refractivity contribution in [1.29, 1.82) is 0 Å². The summed E-state index contributed by atoms with van der Waals surface area (Å²) in [5.41, 5.74) is -0.479. The number of carboxylic acids is 1. The van der Waals surface area contributed by atoms with Crippen LogP contribution in [0.25, 0.3) is 0 Å². The normalized spacial score (nSPS) is 11.7. The Labute approximate surface area is 130 Å². The third-order valence-corrected chi connectivity index (χ3v) is 2.76. The van der Waals surface area contributed by atoms with E-state index in [0.717, 1.165) is 12.1 Å². The third-order valence-electron chi connectivity index (χ3n) is 2.76. The largest absolute Gasteiger partial charge is 0.573 e. The van der Waals surface area contributed by atoms with E-state index in [-0.39, 0.29) is 18.5 Å². The molecule has 0 spiro atoms. The number of anilines is 1. The summed E-state index contributed by atoms with van der Waals surface area (Å²) in [6.45, 7) is 3.32. The van der Waals surface area contributed by atoms with Gasteiger partial charge < -0.3 is 20.5 Å². The maximum Gasteiger partial charge on any atom is 0.573 e. The Bertz CT molecular complexity index is 556. The highest BCUT2D eigenvalue weighted by atomic mass is 19.4. The zero-order valence-electron chi connectivity index (χ0n) is 12.5. The number of carbonyl (C=O) groups is 2. The Morgan fingerprint density at radius 2 is 1.74 bits per heavy atom. The SMILES string of the molecule is CC(C)(CCC(=O)O)NC(=O)Nc1ccc(OC(F)(F)F)cc1. The maximum atomic E-state index is 12.0. The molecule has 0 saturated heterocycles. The Morgan fingerprint density at radius 3 is 2.22 bits per heavy atom. The predicted molar refractivity (Wildman–Crippen MR) is 76.2 cm³/mol. The highest BCUT2D eigenvalue weighted by Gasteiger charge is 2.31. The minimum absolute atomic E-state index is 0.100. The number of carboxylic acid groups (broad SMARTS) is 1. The molecule has 23 heavy (non-hydrogen) atoms. The van der Waals surface area contributed by atoms with Crippen LogP contribution in [0.2, 0.25) is 0 Å². The van der Waals surface area contributed by atoms with Gasteiger partial charge in [-0.25, -0.2) is 4.79 Å². The van der Waals surface area contributed by atoms with E-state index in [0.29, 0.717) is 0 Å². The number of alkyl halides is 3. The van der Waals surface area contributed by atoms with Crippen molar-refractivity contribution in [3.8, 4) is 5.75 Å². The van der Waals surface area contributed by atoms with E-state index in [1.54, 1.807) is 13.8 Å². The second-order valence-corrected chi connectivity index (χ2v) is 5.43. The maximum absolute atomic E-state index is 12.0. The number of halogens is 3. The lowest BCUT2D eigenvalue weighted by molar-refractivity contribution is -0.274. The minimum atomic E-state index is -4.78. The quantitative estimate of drug-likeness (QED) is 0.744. The molecule has 0 aliphatic rings. The standard InChI is InChI=1S/C14H17F3N2O4/c1-13(2,8-7-11(20)21)19-12(22)18-9-3-5-10(6-4-9)23-14(15,16)17/h3-6H,7-8H2,1-2H3,(H,20,21)(H2,18,19,22). The van der Waals surface area contributed by atoms with Crippen LogP contribution in [0.15, 0.2) is 24.3 Å². The monoisotopic (exact) mass is 334 g/mol. The van der Waals surface area contributed by atoms with Crippen LogP contribution < -0.4 is 15.4 Å². The van der Waals surface area contributed by atoms with Crippen molar-refractivity contribution in [2.75, 3.05) is 5.32 Å². The van der Waals surface area contributed by atoms with Crippen LogP contribution in [0, 0.1) is 0 Å². The molecule has 0 radical (unpaired) electrons. The predicted octanol–water partition coefficient (Wildman–Crippen LogP) is 3.35. The van der Waals surface area contributed by atoms with Gasteiger partial charge in [0.1, 0.15) is 5.75 Å². The number of amides is 2. The molecule has 0 saturated carbocycles. The summed E-state index contributed by atoms with van der Waals surface area (Å²) >= 11 is 0. The number of urea groups is 1. The number of nitrogens with one attached hydrogen (secondary N) is 2. The summed E-state index contributed by atoms with van der Waals surface area (Å²) in [6.07, 6.45) is -4.65. The number of rotatable bonds is 6. The molecule has 0 bridgehead atoms. The molecule has 0 aliphatic heterocycles. The van der Waals surface area contributed by atoms with E-state index in [1.807, 2.05) is 0 Å². The highest BCUT2D eigenvalue weighted by molar-refractivity contribution is 5.89. The molecule has 0 aliphatic carbocycles. The minimum Gasteiger partial charge on any atom is -0.481 e. The zero-order valence-corrected chi connectivity index (χ0v) is 12.5. The average molecular weight is 334 g/mol. The van der Waals surface area contributed by atoms with Crippen molar-refractivity contribution < 1.29 is 32.6 Å². The molecule has 0 heterocycles. The summed E-state index contributed by atoms with van der Waals surface area (Å²) in [4.78, 5) is 22.3. The van der Waals surface area contributed by atoms with Gasteiger partial charge in [-0.15, -0.1) is 13.2 Å². The summed E-state index contributed by atoms with van der Waals surface area (Å²) in [7, 11) is 0. The van der Waals surface area contributed by atoms with E-state index >= 15 is 0 Å². The van der Waals surface area contributed by atoms with Gasteiger partial charge in [-0.05, 0) is 44.5 Å². The van der Waals surface area contributed by atoms with E-state index in [1.165, 1.54) is 12.1 Å². The van der Waals surface area contributed by atoms with Gasteiger partial charge in [-0.2, -0.15) is 0 Å². The molecule has 3 N–H and O–H groups in total. The fourth-order valence-corrected chi connectivity index (χ4v) is 1.69. The third kappa shape index (κ3) is 7.93. The molecule has 1 aromatic rings. The van der Waals surface area contributed by atoms with Gasteiger partial charge in [0.2, 0.25) is 0 Å². The molecular formula is C14H17F3N2O4. The lowest BCUT2D eigenvalue weighted by Crippen LogP contribution is -2.45. The Balaban J connectivity index is 2.55. The van der Waals surface area contributed by atoms with Crippen LogP contribution in [-0.2, 0) is 4.79 Å². The van der Waals surface area contributed by atoms with Gasteiger partial charge in [-0.3, -0.25) is 4.79 Å². The number of aliphatic carboxylic acids is 1. The van der Waals surface area contributed by atoms with Crippen molar-refractivity contribution in [3.05, 3.63) is 24.3 Å². The van der Waals surface area contributed by atoms with Crippen LogP contribution in [0.1, 0.15) is 26.7 Å². The first-order chi connectivity index (χ1) is 10.5. The summed E-state index contributed by atoms with van der Waals surface area (Å²) < 4.78 is 39.8. The molecule has 128 valence electrons. The van der Waals surface area contributed by atoms with E-state index in [9.17, 15) is 22.8 Å². The second kappa shape index (κ2) is 7.21. The Hall–Kier alpha value is -2.45. The summed E-state index contributed by atoms with van der Waals surface area (Å²) in [5.74, 6) is -1.37. The van der Waals surface area contributed by atoms with E-state index < -0.39 is 29.7 Å². The van der Waals surface area contributed by atoms with Crippen LogP contribution in [-0.4, -0.2) is 29.0 Å². The molecule has 0 fully saturated rings. The van der Waals surface area contributed by atoms with Gasteiger partial charge in [-0.1, -0.05) is 0 Å². The van der Waals surface area contributed by atoms with Crippen molar-refractivity contribution in [2.24, 2.45) is 0 Å². The van der Waals surface area contributed by atoms with E-state index in [2.05, 4.69) is 15.4 Å². The fraction of sp³-hybridized carbons (Fsp3) is 0.429. The van der Waals surface area contributed by atoms with Crippen LogP contribution >= 0.6 is 0 Å². The van der Waals surface area contributed by atoms with Gasteiger partial charge in [0, 0.05) is 17.6 Å². The van der Waals surface area contributed by atoms with E-state index in [4.69, 9.17) is 5.11 Å². The van der Waals surface area contributed by atoms with Gasteiger partial charge in [0.05, 0.1) is 0 Å². The van der Waals surface area contributed by atoms with Crippen molar-refractivity contribution in [3.63, 3.8) is 0 Å². The number of hydrogen-bond acceptors (Lipinski definition) is 3. The van der Waals surface area contributed by atoms with Crippen LogP contribution in [0.4, 0.5) is 23.7 Å². The number of benzene rings is 1. The molecule has 0 unspecified atom stereocenters. The molecule has 1 aromatic carbocycles. The second-order valence-electron chi connectivity index (χ2n) is 5.43. The first-order valence-electron chi connectivity index (χ1n) is 6.64. The lowest BCUT2D eigenvalue weighted by Gasteiger charge is -2.25. The molecule has 1 rings (SSSR count). The van der Waals surface area contributed by atoms with Crippen molar-refractivity contribution in [1.82, 2.24) is 5.32 Å². The molecule has 6 nitrogen and oxygen atoms in total. The van der Waals surface area contributed by atoms with Crippen LogP contribution in [0.3, 0.4) is 0 Å². The van der Waals surface area contributed by atoms with Gasteiger partial charge in [0.15, 0.2) is 0 Å². The highest BCUT2D eigenvalue weighted by Crippen LogP contribution is 2.24. The molecule has 2 amide bonds. The summed E-state index contributed by atoms with van der Waals surface area (Å²) in [6, 6.07) is 4.05. The molecule has 0 atom stereocenters. The molecule has 9 heteroatoms. The summed E-state index contributed by atoms with van der Waals surface area (Å²) in [5, 5.41) is 13.7. The Kier molecular flexibility index (Phi) is 5.83. The van der Waals surface area contributed by atoms with Crippen LogP contribution in [0.5, 0.6) is 5.75 Å². The zero-order chi connectivity index (χ0) is 17.7. The Morgan fingerprint density at radius 1 is 1.17 bits per heavy atom. The number of hydrogen-bond donors (Lipinski definition) is 3. The smallest absolute Gasteiger partial charge is 0.481 e. The number of ether oxygens (including phenoxy) is 1. The first-order valence-corrected chi connectivity index (χ1v) is 6.64. The van der Waals surface area contributed by atoms with Gasteiger partial charge >= 0.3 is 18.4 Å². The molecular weight excluding hydrogens is 317 g/mol. The van der Waals surface area contributed by atoms with Crippen molar-refractivity contribution >= 4 is 17.7 Å². The lowest BCUT2D eigenvalue weighted by atomic mass is 9.99. The first kappa shape index (κ1) is 18.6. The van der Waals surface area contributed by atoms with Crippen molar-refractivity contribution in [2.45, 2.75) is 38.6 Å².